The molecule has 5 rings (SSSR count). The summed E-state index contributed by atoms with van der Waals surface area (Å²) in [6.45, 7) is 2.56. The summed E-state index contributed by atoms with van der Waals surface area (Å²) in [5, 5.41) is 11.5. The molecule has 4 aromatic rings. The summed E-state index contributed by atoms with van der Waals surface area (Å²) >= 11 is 1.24. The van der Waals surface area contributed by atoms with Crippen LogP contribution >= 0.6 is 11.3 Å². The summed E-state index contributed by atoms with van der Waals surface area (Å²) in [5.74, 6) is -1.25. The molecule has 0 spiro atoms. The van der Waals surface area contributed by atoms with Gasteiger partial charge in [-0.2, -0.15) is 0 Å². The normalized spacial score (nSPS) is 16.9. The molecular formula is C28H23FN2O5S. The molecule has 1 amide bonds. The van der Waals surface area contributed by atoms with Gasteiger partial charge in [0.1, 0.15) is 23.1 Å². The fourth-order valence-corrected chi connectivity index (χ4v) is 5.22. The van der Waals surface area contributed by atoms with Crippen molar-refractivity contribution in [2.45, 2.75) is 19.4 Å². The van der Waals surface area contributed by atoms with Crippen LogP contribution in [-0.2, 0) is 9.59 Å². The van der Waals surface area contributed by atoms with Crippen molar-refractivity contribution in [3.63, 3.8) is 0 Å². The van der Waals surface area contributed by atoms with Gasteiger partial charge in [0.15, 0.2) is 5.13 Å². The molecule has 37 heavy (non-hydrogen) atoms. The Hall–Kier alpha value is -4.24. The maximum atomic E-state index is 13.5. The first kappa shape index (κ1) is 24.5. The van der Waals surface area contributed by atoms with Crippen LogP contribution in [0.4, 0.5) is 9.52 Å². The molecule has 1 aliphatic heterocycles. The van der Waals surface area contributed by atoms with Crippen LogP contribution in [0.3, 0.4) is 0 Å². The molecule has 0 unspecified atom stereocenters. The molecule has 0 radical (unpaired) electrons. The number of fused-ring (bicyclic) bond motifs is 1. The molecule has 1 aliphatic rings. The van der Waals surface area contributed by atoms with E-state index < -0.39 is 23.5 Å². The van der Waals surface area contributed by atoms with Crippen molar-refractivity contribution in [3.05, 3.63) is 89.2 Å². The van der Waals surface area contributed by atoms with Crippen molar-refractivity contribution in [1.29, 1.82) is 0 Å². The molecule has 1 atom stereocenters. The molecular weight excluding hydrogens is 495 g/mol. The average Bonchev–Trinajstić information content (AvgIpc) is 3.45. The molecule has 7 nitrogen and oxygen atoms in total. The van der Waals surface area contributed by atoms with E-state index in [1.165, 1.54) is 40.5 Å². The van der Waals surface area contributed by atoms with Crippen LogP contribution in [0.2, 0.25) is 0 Å². The lowest BCUT2D eigenvalue weighted by atomic mass is 9.95. The number of aliphatic hydroxyl groups excluding tert-OH is 1. The minimum atomic E-state index is -0.951. The summed E-state index contributed by atoms with van der Waals surface area (Å²) < 4.78 is 25.3. The number of aliphatic hydroxyl groups is 1. The Kier molecular flexibility index (Phi) is 6.62. The van der Waals surface area contributed by atoms with Crippen LogP contribution in [0.15, 0.2) is 72.3 Å². The smallest absolute Gasteiger partial charge is 0.301 e. The lowest BCUT2D eigenvalue weighted by Gasteiger charge is -2.23. The standard InChI is InChI=1S/C28H23FN2O5S/c1-3-14-36-19-10-6-16(7-11-19)24-23(25(32)17-4-8-18(29)9-5-17)26(33)27(34)31(24)28-30-21-13-12-20(35-2)15-22(21)37-28/h4-13,15,24,32H,3,14H2,1-2H3/t24-/m0/s1. The third-order valence-electron chi connectivity index (χ3n) is 6.02. The van der Waals surface area contributed by atoms with E-state index in [0.717, 1.165) is 11.1 Å². The highest BCUT2D eigenvalue weighted by Crippen LogP contribution is 2.44. The molecule has 0 saturated carbocycles. The number of rotatable bonds is 7. The SMILES string of the molecule is CCCOc1ccc([C@H]2C(=C(O)c3ccc(F)cc3)C(=O)C(=O)N2c2nc3ccc(OC)cc3s2)cc1. The first-order chi connectivity index (χ1) is 17.9. The number of carbonyl (C=O) groups is 2. The Bertz CT molecular complexity index is 1510. The Morgan fingerprint density at radius 3 is 2.43 bits per heavy atom. The first-order valence-corrected chi connectivity index (χ1v) is 12.5. The van der Waals surface area contributed by atoms with E-state index in [4.69, 9.17) is 9.47 Å². The van der Waals surface area contributed by atoms with Gasteiger partial charge < -0.3 is 14.6 Å². The molecule has 0 aliphatic carbocycles. The average molecular weight is 519 g/mol. The third kappa shape index (κ3) is 4.53. The fraction of sp³-hybridized carbons (Fsp3) is 0.179. The van der Waals surface area contributed by atoms with Crippen LogP contribution in [0.5, 0.6) is 11.5 Å². The van der Waals surface area contributed by atoms with Gasteiger partial charge in [0.2, 0.25) is 0 Å². The predicted molar refractivity (Wildman–Crippen MR) is 140 cm³/mol. The van der Waals surface area contributed by atoms with Crippen LogP contribution in [0, 0.1) is 5.82 Å². The van der Waals surface area contributed by atoms with Gasteiger partial charge in [-0.05, 0) is 66.6 Å². The van der Waals surface area contributed by atoms with Crippen molar-refractivity contribution in [2.24, 2.45) is 0 Å². The topological polar surface area (TPSA) is 89.0 Å². The van der Waals surface area contributed by atoms with Gasteiger partial charge >= 0.3 is 5.91 Å². The van der Waals surface area contributed by atoms with Crippen molar-refractivity contribution < 1.29 is 28.6 Å². The number of carbonyl (C=O) groups excluding carboxylic acids is 2. The van der Waals surface area contributed by atoms with Gasteiger partial charge in [-0.3, -0.25) is 14.5 Å². The Labute approximate surface area is 216 Å². The number of hydrogen-bond acceptors (Lipinski definition) is 7. The lowest BCUT2D eigenvalue weighted by Crippen LogP contribution is -2.29. The zero-order valence-electron chi connectivity index (χ0n) is 20.1. The second kappa shape index (κ2) is 10.0. The maximum absolute atomic E-state index is 13.5. The molecule has 1 fully saturated rings. The molecule has 188 valence electrons. The molecule has 1 saturated heterocycles. The second-order valence-corrected chi connectivity index (χ2v) is 9.43. The Balaban J connectivity index is 1.66. The van der Waals surface area contributed by atoms with Gasteiger partial charge in [-0.25, -0.2) is 9.37 Å². The van der Waals surface area contributed by atoms with Crippen molar-refractivity contribution in [3.8, 4) is 11.5 Å². The molecule has 3 aromatic carbocycles. The summed E-state index contributed by atoms with van der Waals surface area (Å²) in [7, 11) is 1.56. The number of thiazole rings is 1. The molecule has 1 aromatic heterocycles. The van der Waals surface area contributed by atoms with Crippen LogP contribution < -0.4 is 14.4 Å². The first-order valence-electron chi connectivity index (χ1n) is 11.7. The number of amides is 1. The largest absolute Gasteiger partial charge is 0.507 e. The maximum Gasteiger partial charge on any atom is 0.301 e. The Morgan fingerprint density at radius 1 is 1.05 bits per heavy atom. The predicted octanol–water partition coefficient (Wildman–Crippen LogP) is 5.86. The highest BCUT2D eigenvalue weighted by atomic mass is 32.1. The van der Waals surface area contributed by atoms with Crippen molar-refractivity contribution >= 4 is 44.1 Å². The fourth-order valence-electron chi connectivity index (χ4n) is 4.20. The van der Waals surface area contributed by atoms with E-state index in [1.807, 2.05) is 6.92 Å². The minimum absolute atomic E-state index is 0.101. The molecule has 9 heteroatoms. The summed E-state index contributed by atoms with van der Waals surface area (Å²) in [6, 6.07) is 16.5. The number of anilines is 1. The van der Waals surface area contributed by atoms with Gasteiger partial charge in [0, 0.05) is 5.56 Å². The van der Waals surface area contributed by atoms with Crippen LogP contribution in [-0.4, -0.2) is 35.5 Å². The monoisotopic (exact) mass is 518 g/mol. The van der Waals surface area contributed by atoms with Gasteiger partial charge in [-0.1, -0.05) is 30.4 Å². The van der Waals surface area contributed by atoms with Crippen molar-refractivity contribution in [1.82, 2.24) is 4.98 Å². The molecule has 1 N–H and O–H groups in total. The van der Waals surface area contributed by atoms with E-state index in [-0.39, 0.29) is 16.9 Å². The quantitative estimate of drug-likeness (QED) is 0.187. The minimum Gasteiger partial charge on any atom is -0.507 e. The van der Waals surface area contributed by atoms with Gasteiger partial charge in [0.05, 0.1) is 35.5 Å². The van der Waals surface area contributed by atoms with Crippen LogP contribution in [0.1, 0.15) is 30.5 Å². The lowest BCUT2D eigenvalue weighted by molar-refractivity contribution is -0.132. The number of methoxy groups -OCH3 is 1. The summed E-state index contributed by atoms with van der Waals surface area (Å²) in [5.41, 5.74) is 1.35. The van der Waals surface area contributed by atoms with E-state index >= 15 is 0 Å². The third-order valence-corrected chi connectivity index (χ3v) is 7.04. The van der Waals surface area contributed by atoms with E-state index in [9.17, 15) is 19.1 Å². The summed E-state index contributed by atoms with van der Waals surface area (Å²) in [4.78, 5) is 32.6. The Morgan fingerprint density at radius 2 is 1.76 bits per heavy atom. The highest BCUT2D eigenvalue weighted by molar-refractivity contribution is 7.22. The number of ether oxygens (including phenoxy) is 2. The number of halogens is 1. The van der Waals surface area contributed by atoms with E-state index in [1.54, 1.807) is 49.6 Å². The summed E-state index contributed by atoms with van der Waals surface area (Å²) in [6.07, 6.45) is 0.849. The molecule has 2 heterocycles. The highest BCUT2D eigenvalue weighted by Gasteiger charge is 2.48. The van der Waals surface area contributed by atoms with E-state index in [2.05, 4.69) is 4.98 Å². The number of hydrogen-bond donors (Lipinski definition) is 1. The van der Waals surface area contributed by atoms with Crippen molar-refractivity contribution in [2.75, 3.05) is 18.6 Å². The number of nitrogens with zero attached hydrogens (tertiary/aromatic N) is 2. The van der Waals surface area contributed by atoms with Gasteiger partial charge in [0.25, 0.3) is 5.78 Å². The number of benzene rings is 3. The number of Topliss-reactive ketones (excluding diaryl/α,β-unsaturated/α-hetero) is 1. The molecule has 0 bridgehead atoms. The number of aromatic nitrogens is 1. The zero-order valence-corrected chi connectivity index (χ0v) is 20.9. The van der Waals surface area contributed by atoms with E-state index in [0.29, 0.717) is 34.3 Å². The second-order valence-electron chi connectivity index (χ2n) is 8.42. The number of ketones is 1. The van der Waals surface area contributed by atoms with Crippen LogP contribution in [0.25, 0.3) is 16.0 Å². The zero-order chi connectivity index (χ0) is 26.1. The van der Waals surface area contributed by atoms with Gasteiger partial charge in [-0.15, -0.1) is 0 Å².